The maximum absolute atomic E-state index is 15.2. The number of Topliss-reactive ketones (excluding diaryl/α,β-unsaturated/α-hetero) is 1. The largest absolute Gasteiger partial charge is 0.461 e. The van der Waals surface area contributed by atoms with Crippen molar-refractivity contribution in [1.29, 1.82) is 0 Å². The standard InChI is InChI=1S/C44H57NO9/c1-10-33(46)53-32-22-31-42(8,24-51-31)38-27(5)44(50)23-30(25(3)35(41(44,6)7)26(4)39(48)43(32,38)9)52-40(49)37(54-34(47)11-2)36(28-18-14-12-15-19-28)45-29-20-16-13-17-21-29/h12-21,26-27,30-32,36-38,45,50H,10-11,22-24H2,1-9H3/t26-,27+,30+,31-,32+,36+,37-,38-,42-,43-,44-/m1/s1. The summed E-state index contributed by atoms with van der Waals surface area (Å²) >= 11 is 0. The SMILES string of the molecule is CCC(=O)O[C@H]1C[C@H]2OC[C@@]2(C)[C@H]2[C@H](C)[C@]3(O)C[C@H](OC(=O)[C@H](OC(=O)CC)[C@@H](Nc4ccccc4)c4ccccc4)C(C)=C([C@@H](C)C(=O)[C@]12C)C3(C)C. The van der Waals surface area contributed by atoms with E-state index in [2.05, 4.69) is 12.2 Å². The van der Waals surface area contributed by atoms with Crippen molar-refractivity contribution >= 4 is 29.4 Å². The Balaban J connectivity index is 1.44. The number of benzene rings is 2. The van der Waals surface area contributed by atoms with Crippen LogP contribution in [0.4, 0.5) is 5.69 Å². The normalized spacial score (nSPS) is 35.1. The first-order chi connectivity index (χ1) is 25.4. The summed E-state index contributed by atoms with van der Waals surface area (Å²) in [6.07, 6.45) is -2.62. The molecule has 2 saturated carbocycles. The van der Waals surface area contributed by atoms with Gasteiger partial charge in [-0.25, -0.2) is 4.79 Å². The van der Waals surface area contributed by atoms with Gasteiger partial charge < -0.3 is 29.4 Å². The predicted molar refractivity (Wildman–Crippen MR) is 203 cm³/mol. The first kappa shape index (κ1) is 39.7. The molecule has 4 aliphatic rings. The zero-order valence-electron chi connectivity index (χ0n) is 33.1. The van der Waals surface area contributed by atoms with E-state index in [4.69, 9.17) is 18.9 Å². The molecule has 2 N–H and O–H groups in total. The van der Waals surface area contributed by atoms with E-state index in [-0.39, 0.29) is 37.1 Å². The average molecular weight is 744 g/mol. The van der Waals surface area contributed by atoms with Crippen LogP contribution in [0.25, 0.3) is 0 Å². The first-order valence-corrected chi connectivity index (χ1v) is 19.5. The van der Waals surface area contributed by atoms with E-state index in [9.17, 15) is 19.5 Å². The van der Waals surface area contributed by atoms with Crippen LogP contribution in [0.2, 0.25) is 0 Å². The van der Waals surface area contributed by atoms with Crippen molar-refractivity contribution in [2.24, 2.45) is 34.0 Å². The van der Waals surface area contributed by atoms with Gasteiger partial charge in [-0.1, -0.05) is 97.0 Å². The van der Waals surface area contributed by atoms with Crippen molar-refractivity contribution in [3.8, 4) is 0 Å². The Morgan fingerprint density at radius 3 is 2.11 bits per heavy atom. The van der Waals surface area contributed by atoms with Crippen LogP contribution in [0, 0.1) is 34.0 Å². The summed E-state index contributed by atoms with van der Waals surface area (Å²) in [5.41, 5.74) is -1.18. The lowest BCUT2D eigenvalue weighted by Gasteiger charge is -2.69. The van der Waals surface area contributed by atoms with Gasteiger partial charge >= 0.3 is 17.9 Å². The Hall–Kier alpha value is -4.02. The number of esters is 3. The number of nitrogens with one attached hydrogen (secondary N) is 1. The van der Waals surface area contributed by atoms with Gasteiger partial charge in [-0.05, 0) is 54.5 Å². The van der Waals surface area contributed by atoms with Crippen molar-refractivity contribution in [2.75, 3.05) is 11.9 Å². The molecule has 0 spiro atoms. The molecule has 1 saturated heterocycles. The van der Waals surface area contributed by atoms with Gasteiger partial charge in [-0.2, -0.15) is 0 Å². The minimum atomic E-state index is -1.48. The fraction of sp³-hybridized carbons (Fsp3) is 0.591. The molecular formula is C44H57NO9. The number of fused-ring (bicyclic) bond motifs is 5. The second-order valence-corrected chi connectivity index (χ2v) is 16.9. The highest BCUT2D eigenvalue weighted by molar-refractivity contribution is 5.91. The molecule has 1 heterocycles. The summed E-state index contributed by atoms with van der Waals surface area (Å²) in [5.74, 6) is -3.44. The van der Waals surface area contributed by atoms with E-state index in [0.29, 0.717) is 29.7 Å². The monoisotopic (exact) mass is 743 g/mol. The lowest BCUT2D eigenvalue weighted by molar-refractivity contribution is -0.303. The van der Waals surface area contributed by atoms with Crippen LogP contribution in [0.15, 0.2) is 71.8 Å². The third-order valence-corrected chi connectivity index (χ3v) is 13.7. The molecule has 10 heteroatoms. The van der Waals surface area contributed by atoms with Crippen LogP contribution in [-0.2, 0) is 38.1 Å². The minimum absolute atomic E-state index is 0.0480. The molecule has 6 rings (SSSR count). The number of hydrogen-bond acceptors (Lipinski definition) is 10. The summed E-state index contributed by atoms with van der Waals surface area (Å²) in [5, 5.41) is 16.7. The number of aliphatic hydroxyl groups is 1. The molecule has 0 aromatic heterocycles. The fourth-order valence-corrected chi connectivity index (χ4v) is 10.9. The van der Waals surface area contributed by atoms with Crippen molar-refractivity contribution < 1.29 is 43.2 Å². The van der Waals surface area contributed by atoms with E-state index in [1.165, 1.54) is 0 Å². The van der Waals surface area contributed by atoms with Crippen molar-refractivity contribution in [2.45, 2.75) is 124 Å². The Labute approximate surface area is 319 Å². The Kier molecular flexibility index (Phi) is 10.7. The van der Waals surface area contributed by atoms with Gasteiger partial charge in [0, 0.05) is 48.1 Å². The molecule has 54 heavy (non-hydrogen) atoms. The van der Waals surface area contributed by atoms with E-state index in [1.807, 2.05) is 102 Å². The lowest BCUT2D eigenvalue weighted by atomic mass is 9.40. The molecule has 3 aliphatic carbocycles. The van der Waals surface area contributed by atoms with E-state index in [1.54, 1.807) is 13.8 Å². The van der Waals surface area contributed by atoms with Crippen molar-refractivity contribution in [1.82, 2.24) is 0 Å². The second kappa shape index (κ2) is 14.6. The molecule has 11 atom stereocenters. The van der Waals surface area contributed by atoms with Crippen molar-refractivity contribution in [3.63, 3.8) is 0 Å². The van der Waals surface area contributed by atoms with Gasteiger partial charge in [-0.15, -0.1) is 0 Å². The minimum Gasteiger partial charge on any atom is -0.461 e. The summed E-state index contributed by atoms with van der Waals surface area (Å²) in [4.78, 5) is 55.6. The summed E-state index contributed by atoms with van der Waals surface area (Å²) in [6, 6.07) is 17.8. The molecule has 0 radical (unpaired) electrons. The molecule has 0 unspecified atom stereocenters. The van der Waals surface area contributed by atoms with Crippen LogP contribution >= 0.6 is 0 Å². The van der Waals surface area contributed by atoms with Gasteiger partial charge in [0.15, 0.2) is 0 Å². The topological polar surface area (TPSA) is 137 Å². The molecule has 2 bridgehead atoms. The molecule has 10 nitrogen and oxygen atoms in total. The molecule has 2 aromatic carbocycles. The maximum Gasteiger partial charge on any atom is 0.350 e. The smallest absolute Gasteiger partial charge is 0.350 e. The average Bonchev–Trinajstić information content (AvgIpc) is 3.15. The van der Waals surface area contributed by atoms with Gasteiger partial charge in [0.2, 0.25) is 6.10 Å². The van der Waals surface area contributed by atoms with Crippen LogP contribution in [0.3, 0.4) is 0 Å². The number of ether oxygens (including phenoxy) is 4. The summed E-state index contributed by atoms with van der Waals surface area (Å²) in [6.45, 7) is 17.5. The molecular weight excluding hydrogens is 686 g/mol. The Morgan fingerprint density at radius 1 is 0.926 bits per heavy atom. The molecule has 292 valence electrons. The van der Waals surface area contributed by atoms with Gasteiger partial charge in [0.05, 0.1) is 29.8 Å². The van der Waals surface area contributed by atoms with Crippen LogP contribution in [0.5, 0.6) is 0 Å². The fourth-order valence-electron chi connectivity index (χ4n) is 10.9. The molecule has 2 aromatic rings. The van der Waals surface area contributed by atoms with Crippen LogP contribution in [-0.4, -0.2) is 65.4 Å². The number of para-hydroxylation sites is 1. The highest BCUT2D eigenvalue weighted by Gasteiger charge is 2.73. The maximum atomic E-state index is 15.2. The van der Waals surface area contributed by atoms with Crippen LogP contribution in [0.1, 0.15) is 99.6 Å². The first-order valence-electron chi connectivity index (χ1n) is 19.5. The number of carbonyl (C=O) groups excluding carboxylic acids is 4. The van der Waals surface area contributed by atoms with E-state index in [0.717, 1.165) is 5.69 Å². The lowest BCUT2D eigenvalue weighted by Crippen LogP contribution is -2.74. The summed E-state index contributed by atoms with van der Waals surface area (Å²) < 4.78 is 24.5. The third-order valence-electron chi connectivity index (χ3n) is 13.7. The van der Waals surface area contributed by atoms with E-state index < -0.39 is 75.9 Å². The third kappa shape index (κ3) is 6.27. The zero-order valence-corrected chi connectivity index (χ0v) is 33.1. The summed E-state index contributed by atoms with van der Waals surface area (Å²) in [7, 11) is 0. The van der Waals surface area contributed by atoms with Gasteiger partial charge in [0.25, 0.3) is 0 Å². The van der Waals surface area contributed by atoms with Gasteiger partial charge in [0.1, 0.15) is 18.0 Å². The highest BCUT2D eigenvalue weighted by atomic mass is 16.6. The van der Waals surface area contributed by atoms with Crippen LogP contribution < -0.4 is 5.32 Å². The quantitative estimate of drug-likeness (QED) is 0.147. The second-order valence-electron chi connectivity index (χ2n) is 16.9. The predicted octanol–water partition coefficient (Wildman–Crippen LogP) is 7.16. The number of anilines is 1. The number of hydrogen-bond donors (Lipinski definition) is 2. The highest BCUT2D eigenvalue weighted by Crippen LogP contribution is 2.68. The molecule has 0 amide bonds. The number of ketones is 1. The number of carbonyl (C=O) groups is 4. The number of rotatable bonds is 10. The van der Waals surface area contributed by atoms with Crippen molar-refractivity contribution in [3.05, 3.63) is 77.4 Å². The zero-order chi connectivity index (χ0) is 39.4. The van der Waals surface area contributed by atoms with Gasteiger partial charge in [-0.3, -0.25) is 14.4 Å². The Morgan fingerprint density at radius 2 is 1.54 bits per heavy atom. The molecule has 3 fully saturated rings. The van der Waals surface area contributed by atoms with E-state index >= 15 is 4.79 Å². The Bertz CT molecular complexity index is 1790. The molecule has 1 aliphatic heterocycles.